The predicted molar refractivity (Wildman–Crippen MR) is 78.8 cm³/mol. The number of aliphatic hydroxyl groups excluding tert-OH is 1. The van der Waals surface area contributed by atoms with E-state index in [1.54, 1.807) is 0 Å². The van der Waals surface area contributed by atoms with Crippen molar-refractivity contribution in [1.29, 1.82) is 0 Å². The van der Waals surface area contributed by atoms with Crippen LogP contribution in [0.15, 0.2) is 0 Å². The molecule has 0 spiro atoms. The van der Waals surface area contributed by atoms with E-state index in [2.05, 4.69) is 41.5 Å². The molecular formula is C16H32O3. The summed E-state index contributed by atoms with van der Waals surface area (Å²) in [7, 11) is 0. The van der Waals surface area contributed by atoms with Gasteiger partial charge in [0.05, 0.1) is 12.5 Å². The van der Waals surface area contributed by atoms with Crippen molar-refractivity contribution in [3.8, 4) is 0 Å². The molecule has 0 heterocycles. The summed E-state index contributed by atoms with van der Waals surface area (Å²) in [4.78, 5) is 12.3. The van der Waals surface area contributed by atoms with Gasteiger partial charge in [-0.1, -0.05) is 48.5 Å². The molecule has 0 fully saturated rings. The first-order valence-electron chi connectivity index (χ1n) is 7.28. The minimum Gasteiger partial charge on any atom is -0.465 e. The Morgan fingerprint density at radius 2 is 1.68 bits per heavy atom. The highest BCUT2D eigenvalue weighted by Gasteiger charge is 2.35. The van der Waals surface area contributed by atoms with Crippen LogP contribution in [0.1, 0.15) is 61.3 Å². The third kappa shape index (κ3) is 7.56. The van der Waals surface area contributed by atoms with Gasteiger partial charge >= 0.3 is 5.97 Å². The number of carbonyl (C=O) groups excluding carboxylic acids is 1. The van der Waals surface area contributed by atoms with E-state index in [-0.39, 0.29) is 35.2 Å². The van der Waals surface area contributed by atoms with Crippen molar-refractivity contribution in [3.63, 3.8) is 0 Å². The van der Waals surface area contributed by atoms with E-state index < -0.39 is 0 Å². The lowest BCUT2D eigenvalue weighted by atomic mass is 9.72. The Hall–Kier alpha value is -0.570. The van der Waals surface area contributed by atoms with Gasteiger partial charge in [-0.3, -0.25) is 4.79 Å². The van der Waals surface area contributed by atoms with Gasteiger partial charge in [-0.25, -0.2) is 0 Å². The molecule has 114 valence electrons. The maximum absolute atomic E-state index is 12.3. The molecule has 0 aromatic heterocycles. The van der Waals surface area contributed by atoms with E-state index in [0.717, 1.165) is 12.8 Å². The molecule has 2 unspecified atom stereocenters. The number of hydrogen-bond donors (Lipinski definition) is 1. The van der Waals surface area contributed by atoms with Crippen LogP contribution in [0.4, 0.5) is 0 Å². The lowest BCUT2D eigenvalue weighted by molar-refractivity contribution is -0.155. The monoisotopic (exact) mass is 272 g/mol. The molecule has 2 atom stereocenters. The number of esters is 1. The van der Waals surface area contributed by atoms with Crippen molar-refractivity contribution in [2.75, 3.05) is 13.2 Å². The largest absolute Gasteiger partial charge is 0.465 e. The van der Waals surface area contributed by atoms with E-state index >= 15 is 0 Å². The molecule has 0 aliphatic carbocycles. The highest BCUT2D eigenvalue weighted by atomic mass is 16.5. The van der Waals surface area contributed by atoms with Gasteiger partial charge in [0.1, 0.15) is 0 Å². The number of rotatable bonds is 6. The summed E-state index contributed by atoms with van der Waals surface area (Å²) in [6.07, 6.45) is 1.63. The highest BCUT2D eigenvalue weighted by molar-refractivity contribution is 5.73. The summed E-state index contributed by atoms with van der Waals surface area (Å²) >= 11 is 0. The Morgan fingerprint density at radius 1 is 1.16 bits per heavy atom. The molecule has 19 heavy (non-hydrogen) atoms. The van der Waals surface area contributed by atoms with Gasteiger partial charge in [0.25, 0.3) is 0 Å². The summed E-state index contributed by atoms with van der Waals surface area (Å²) in [5, 5.41) is 9.13. The molecule has 0 rings (SSSR count). The second-order valence-electron chi connectivity index (χ2n) is 7.77. The molecule has 0 aromatic carbocycles. The Labute approximate surface area is 118 Å². The van der Waals surface area contributed by atoms with Crippen LogP contribution in [0, 0.1) is 22.7 Å². The van der Waals surface area contributed by atoms with Crippen LogP contribution in [-0.2, 0) is 9.53 Å². The summed E-state index contributed by atoms with van der Waals surface area (Å²) in [5.41, 5.74) is -0.0105. The standard InChI is InChI=1S/C16H32O3/c1-8-12(10-17)11-19-14(18)13(16(5,6)7)9-15(2,3)4/h12-13,17H,8-11H2,1-7H3. The minimum absolute atomic E-state index is 0.0548. The number of aliphatic hydroxyl groups is 1. The molecule has 3 heteroatoms. The van der Waals surface area contributed by atoms with Crippen LogP contribution in [0.2, 0.25) is 0 Å². The maximum atomic E-state index is 12.3. The SMILES string of the molecule is CCC(CO)COC(=O)C(CC(C)(C)C)C(C)(C)C. The lowest BCUT2D eigenvalue weighted by Gasteiger charge is -2.34. The van der Waals surface area contributed by atoms with Crippen LogP contribution in [-0.4, -0.2) is 24.3 Å². The first kappa shape index (κ1) is 18.4. The van der Waals surface area contributed by atoms with Gasteiger partial charge in [-0.2, -0.15) is 0 Å². The predicted octanol–water partition coefficient (Wildman–Crippen LogP) is 3.65. The number of ether oxygens (including phenoxy) is 1. The normalized spacial score (nSPS) is 16.0. The lowest BCUT2D eigenvalue weighted by Crippen LogP contribution is -2.34. The van der Waals surface area contributed by atoms with Crippen LogP contribution >= 0.6 is 0 Å². The van der Waals surface area contributed by atoms with Crippen molar-refractivity contribution in [2.45, 2.75) is 61.3 Å². The van der Waals surface area contributed by atoms with Gasteiger partial charge < -0.3 is 9.84 Å². The van der Waals surface area contributed by atoms with E-state index in [4.69, 9.17) is 9.84 Å². The first-order chi connectivity index (χ1) is 8.51. The fraction of sp³-hybridized carbons (Fsp3) is 0.938. The smallest absolute Gasteiger partial charge is 0.309 e. The molecule has 0 saturated carbocycles. The van der Waals surface area contributed by atoms with Crippen molar-refractivity contribution < 1.29 is 14.6 Å². The van der Waals surface area contributed by atoms with E-state index in [9.17, 15) is 4.79 Å². The summed E-state index contributed by atoms with van der Waals surface area (Å²) in [5.74, 6) is -0.183. The molecule has 0 aromatic rings. The van der Waals surface area contributed by atoms with E-state index in [1.807, 2.05) is 6.92 Å². The quantitative estimate of drug-likeness (QED) is 0.751. The zero-order valence-corrected chi connectivity index (χ0v) is 13.7. The molecule has 0 amide bonds. The molecule has 1 N–H and O–H groups in total. The van der Waals surface area contributed by atoms with Crippen LogP contribution in [0.25, 0.3) is 0 Å². The number of carbonyl (C=O) groups is 1. The van der Waals surface area contributed by atoms with Crippen molar-refractivity contribution in [1.82, 2.24) is 0 Å². The highest BCUT2D eigenvalue weighted by Crippen LogP contribution is 2.36. The number of hydrogen-bond acceptors (Lipinski definition) is 3. The molecule has 0 bridgehead atoms. The van der Waals surface area contributed by atoms with Crippen molar-refractivity contribution >= 4 is 5.97 Å². The average molecular weight is 272 g/mol. The zero-order valence-electron chi connectivity index (χ0n) is 13.7. The third-order valence-corrected chi connectivity index (χ3v) is 3.44. The second-order valence-corrected chi connectivity index (χ2v) is 7.77. The second kappa shape index (κ2) is 7.28. The molecule has 3 nitrogen and oxygen atoms in total. The molecule has 0 aliphatic rings. The van der Waals surface area contributed by atoms with Gasteiger partial charge in [0, 0.05) is 12.5 Å². The first-order valence-corrected chi connectivity index (χ1v) is 7.28. The third-order valence-electron chi connectivity index (χ3n) is 3.44. The van der Waals surface area contributed by atoms with Crippen molar-refractivity contribution in [3.05, 3.63) is 0 Å². The van der Waals surface area contributed by atoms with E-state index in [1.165, 1.54) is 0 Å². The Morgan fingerprint density at radius 3 is 2.00 bits per heavy atom. The van der Waals surface area contributed by atoms with Gasteiger partial charge in [-0.15, -0.1) is 0 Å². The minimum atomic E-state index is -0.130. The summed E-state index contributed by atoms with van der Waals surface area (Å²) < 4.78 is 5.42. The van der Waals surface area contributed by atoms with E-state index in [0.29, 0.717) is 6.61 Å². The summed E-state index contributed by atoms with van der Waals surface area (Å²) in [6, 6.07) is 0. The van der Waals surface area contributed by atoms with Crippen LogP contribution in [0.3, 0.4) is 0 Å². The topological polar surface area (TPSA) is 46.5 Å². The van der Waals surface area contributed by atoms with Gasteiger partial charge in [-0.05, 0) is 23.7 Å². The van der Waals surface area contributed by atoms with Gasteiger partial charge in [0.2, 0.25) is 0 Å². The Kier molecular flexibility index (Phi) is 7.06. The summed E-state index contributed by atoms with van der Waals surface area (Å²) in [6.45, 7) is 15.0. The molecular weight excluding hydrogens is 240 g/mol. The van der Waals surface area contributed by atoms with Crippen LogP contribution < -0.4 is 0 Å². The molecule has 0 saturated heterocycles. The Bertz CT molecular complexity index is 267. The molecule has 0 radical (unpaired) electrons. The average Bonchev–Trinajstić information content (AvgIpc) is 2.24. The maximum Gasteiger partial charge on any atom is 0.309 e. The van der Waals surface area contributed by atoms with Crippen molar-refractivity contribution in [2.24, 2.45) is 22.7 Å². The van der Waals surface area contributed by atoms with Gasteiger partial charge in [0.15, 0.2) is 0 Å². The fourth-order valence-electron chi connectivity index (χ4n) is 1.96. The fourth-order valence-corrected chi connectivity index (χ4v) is 1.96. The Balaban J connectivity index is 4.66. The molecule has 0 aliphatic heterocycles. The van der Waals surface area contributed by atoms with Crippen LogP contribution in [0.5, 0.6) is 0 Å². The zero-order chi connectivity index (χ0) is 15.3.